The van der Waals surface area contributed by atoms with Crippen LogP contribution in [0.2, 0.25) is 0 Å². The molecule has 1 aromatic heterocycles. The molecule has 8 heteroatoms. The summed E-state index contributed by atoms with van der Waals surface area (Å²) in [5.41, 5.74) is 6.13. The zero-order chi connectivity index (χ0) is 16.1. The minimum Gasteiger partial charge on any atom is -0.288 e. The Kier molecular flexibility index (Phi) is 4.84. The van der Waals surface area contributed by atoms with Gasteiger partial charge in [-0.05, 0) is 24.4 Å². The number of nitrogens with one attached hydrogen (secondary N) is 1. The van der Waals surface area contributed by atoms with E-state index in [1.54, 1.807) is 6.92 Å². The van der Waals surface area contributed by atoms with Crippen LogP contribution in [0.4, 0.5) is 5.69 Å². The second-order valence-corrected chi connectivity index (χ2v) is 5.56. The van der Waals surface area contributed by atoms with Crippen molar-refractivity contribution in [2.24, 2.45) is 5.73 Å². The molecule has 0 amide bonds. The van der Waals surface area contributed by atoms with Crippen LogP contribution in [0.3, 0.4) is 0 Å². The zero-order valence-electron chi connectivity index (χ0n) is 11.7. The highest BCUT2D eigenvalue weighted by Gasteiger charge is 2.17. The molecule has 0 bridgehead atoms. The molecule has 3 N–H and O–H groups in total. The van der Waals surface area contributed by atoms with Crippen LogP contribution < -0.4 is 10.9 Å². The molecule has 2 aromatic rings. The Balaban J connectivity index is 2.06. The van der Waals surface area contributed by atoms with Crippen molar-refractivity contribution < 1.29 is 19.7 Å². The number of thiophene rings is 1. The SMILES string of the molecule is Cc1ccc(C(=O)O[NH+]=C(N)Cc2cccs2)cc1[N+](=O)[O-]. The molecule has 1 heterocycles. The summed E-state index contributed by atoms with van der Waals surface area (Å²) in [4.78, 5) is 28.0. The molecule has 0 aliphatic rings. The molecular formula is C14H14N3O4S+. The number of nitro groups is 1. The summed E-state index contributed by atoms with van der Waals surface area (Å²) in [7, 11) is 0. The topological polar surface area (TPSA) is 109 Å². The van der Waals surface area contributed by atoms with Crippen LogP contribution in [0.25, 0.3) is 0 Å². The predicted molar refractivity (Wildman–Crippen MR) is 81.4 cm³/mol. The molecule has 0 saturated heterocycles. The third-order valence-corrected chi connectivity index (χ3v) is 3.74. The number of nitrogens with zero attached hydrogens (tertiary/aromatic N) is 1. The predicted octanol–water partition coefficient (Wildman–Crippen LogP) is 0.717. The highest BCUT2D eigenvalue weighted by atomic mass is 32.1. The first-order chi connectivity index (χ1) is 10.5. The Morgan fingerprint density at radius 1 is 1.45 bits per heavy atom. The maximum absolute atomic E-state index is 11.9. The van der Waals surface area contributed by atoms with Gasteiger partial charge in [0, 0.05) is 16.5 Å². The number of hydrogen-bond acceptors (Lipinski definition) is 5. The molecule has 0 radical (unpaired) electrons. The summed E-state index contributed by atoms with van der Waals surface area (Å²) in [5, 5.41) is 15.1. The van der Waals surface area contributed by atoms with Crippen molar-refractivity contribution in [2.75, 3.05) is 0 Å². The number of rotatable bonds is 5. The van der Waals surface area contributed by atoms with Crippen LogP contribution in [-0.4, -0.2) is 16.7 Å². The van der Waals surface area contributed by atoms with Gasteiger partial charge < -0.3 is 0 Å². The monoisotopic (exact) mass is 320 g/mol. The van der Waals surface area contributed by atoms with Gasteiger partial charge in [-0.2, -0.15) is 0 Å². The molecule has 7 nitrogen and oxygen atoms in total. The van der Waals surface area contributed by atoms with Crippen LogP contribution in [0, 0.1) is 17.0 Å². The molecule has 114 valence electrons. The van der Waals surface area contributed by atoms with Gasteiger partial charge in [0.1, 0.15) is 0 Å². The molecule has 0 unspecified atom stereocenters. The standard InChI is InChI=1S/C14H13N3O4S/c1-9-4-5-10(7-12(9)17(19)20)14(18)21-16-13(15)8-11-3-2-6-22-11/h2-7H,8H2,1H3,(H2,15,16)/p+1. The van der Waals surface area contributed by atoms with Crippen LogP contribution in [0.1, 0.15) is 20.8 Å². The van der Waals surface area contributed by atoms with Crippen molar-refractivity contribution in [1.29, 1.82) is 0 Å². The summed E-state index contributed by atoms with van der Waals surface area (Å²) in [6, 6.07) is 7.93. The number of hydrogen-bond donors (Lipinski definition) is 2. The minimum absolute atomic E-state index is 0.0775. The lowest BCUT2D eigenvalue weighted by Gasteiger charge is -2.00. The number of carbonyl (C=O) groups is 1. The normalized spacial score (nSPS) is 11.2. The smallest absolute Gasteiger partial charge is 0.288 e. The van der Waals surface area contributed by atoms with E-state index in [0.29, 0.717) is 12.0 Å². The lowest BCUT2D eigenvalue weighted by atomic mass is 10.1. The molecule has 0 atom stereocenters. The average Bonchev–Trinajstić information content (AvgIpc) is 2.97. The molecule has 0 aliphatic carbocycles. The van der Waals surface area contributed by atoms with Gasteiger partial charge >= 0.3 is 5.97 Å². The van der Waals surface area contributed by atoms with E-state index in [1.807, 2.05) is 17.5 Å². The van der Waals surface area contributed by atoms with Crippen LogP contribution in [-0.2, 0) is 11.3 Å². The van der Waals surface area contributed by atoms with Crippen molar-refractivity contribution in [3.8, 4) is 0 Å². The average molecular weight is 320 g/mol. The van der Waals surface area contributed by atoms with Crippen molar-refractivity contribution >= 4 is 28.8 Å². The third kappa shape index (κ3) is 3.89. The fraction of sp³-hybridized carbons (Fsp3) is 0.143. The lowest BCUT2D eigenvalue weighted by molar-refractivity contribution is -0.722. The zero-order valence-corrected chi connectivity index (χ0v) is 12.6. The van der Waals surface area contributed by atoms with Gasteiger partial charge in [-0.3, -0.25) is 20.7 Å². The maximum Gasteiger partial charge on any atom is 0.388 e. The van der Waals surface area contributed by atoms with E-state index in [1.165, 1.54) is 29.5 Å². The van der Waals surface area contributed by atoms with Crippen LogP contribution >= 0.6 is 11.3 Å². The van der Waals surface area contributed by atoms with E-state index in [-0.39, 0.29) is 17.1 Å². The quantitative estimate of drug-likeness (QED) is 0.277. The van der Waals surface area contributed by atoms with Crippen molar-refractivity contribution in [2.45, 2.75) is 13.3 Å². The van der Waals surface area contributed by atoms with E-state index < -0.39 is 10.9 Å². The van der Waals surface area contributed by atoms with E-state index in [0.717, 1.165) is 4.88 Å². The Morgan fingerprint density at radius 3 is 2.86 bits per heavy atom. The Labute approximate surface area is 130 Å². The number of amidine groups is 1. The van der Waals surface area contributed by atoms with Gasteiger partial charge in [0.05, 0.1) is 16.9 Å². The summed E-state index contributed by atoms with van der Waals surface area (Å²) in [6.07, 6.45) is 0.430. The fourth-order valence-corrected chi connectivity index (χ4v) is 2.47. The number of carbonyl (C=O) groups excluding carboxylic acids is 1. The highest BCUT2D eigenvalue weighted by molar-refractivity contribution is 7.10. The number of benzene rings is 1. The third-order valence-electron chi connectivity index (χ3n) is 2.86. The first kappa shape index (κ1) is 15.6. The van der Waals surface area contributed by atoms with Crippen molar-refractivity contribution in [3.63, 3.8) is 0 Å². The van der Waals surface area contributed by atoms with Gasteiger partial charge in [0.25, 0.3) is 11.5 Å². The van der Waals surface area contributed by atoms with E-state index >= 15 is 0 Å². The van der Waals surface area contributed by atoms with Crippen molar-refractivity contribution in [3.05, 3.63) is 61.8 Å². The first-order valence-electron chi connectivity index (χ1n) is 6.33. The van der Waals surface area contributed by atoms with Crippen molar-refractivity contribution in [1.82, 2.24) is 0 Å². The van der Waals surface area contributed by atoms with Gasteiger partial charge in [-0.25, -0.2) is 4.79 Å². The second-order valence-electron chi connectivity index (χ2n) is 4.53. The molecule has 0 aliphatic heterocycles. The molecule has 22 heavy (non-hydrogen) atoms. The van der Waals surface area contributed by atoms with Gasteiger partial charge in [0.2, 0.25) is 0 Å². The minimum atomic E-state index is -0.739. The van der Waals surface area contributed by atoms with Gasteiger partial charge in [0.15, 0.2) is 0 Å². The number of nitro benzene ring substituents is 1. The summed E-state index contributed by atoms with van der Waals surface area (Å²) >= 11 is 1.53. The second kappa shape index (κ2) is 6.81. The summed E-state index contributed by atoms with van der Waals surface area (Å²) < 4.78 is 0. The highest BCUT2D eigenvalue weighted by Crippen LogP contribution is 2.19. The molecule has 0 spiro atoms. The molecular weight excluding hydrogens is 306 g/mol. The van der Waals surface area contributed by atoms with Gasteiger partial charge in [-0.15, -0.1) is 11.3 Å². The Morgan fingerprint density at radius 2 is 2.23 bits per heavy atom. The van der Waals surface area contributed by atoms with Gasteiger partial charge in [-0.1, -0.05) is 17.3 Å². The maximum atomic E-state index is 11.9. The number of aryl methyl sites for hydroxylation is 1. The van der Waals surface area contributed by atoms with Crippen LogP contribution in [0.15, 0.2) is 35.7 Å². The largest absolute Gasteiger partial charge is 0.388 e. The summed E-state index contributed by atoms with van der Waals surface area (Å²) in [6.45, 7) is 1.60. The molecule has 1 aromatic carbocycles. The van der Waals surface area contributed by atoms with E-state index in [4.69, 9.17) is 10.6 Å². The molecule has 0 saturated carbocycles. The molecule has 0 fully saturated rings. The first-order valence-corrected chi connectivity index (χ1v) is 7.21. The van der Waals surface area contributed by atoms with E-state index in [9.17, 15) is 14.9 Å². The lowest BCUT2D eigenvalue weighted by Crippen LogP contribution is -2.75. The van der Waals surface area contributed by atoms with Crippen LogP contribution in [0.5, 0.6) is 0 Å². The van der Waals surface area contributed by atoms with E-state index in [2.05, 4.69) is 5.16 Å². The fourth-order valence-electron chi connectivity index (χ4n) is 1.74. The molecule has 2 rings (SSSR count). The Bertz CT molecular complexity index is 726. The summed E-state index contributed by atoms with van der Waals surface area (Å²) in [5.74, 6) is -0.463. The number of nitrogens with two attached hydrogens (primary N) is 1. The Hall–Kier alpha value is -2.74.